The lowest BCUT2D eigenvalue weighted by Gasteiger charge is -2.08. The Balaban J connectivity index is 2.90. The third-order valence-electron chi connectivity index (χ3n) is 3.03. The normalized spacial score (nSPS) is 13.4. The number of aliphatic hydroxyl groups is 1. The van der Waals surface area contributed by atoms with Crippen molar-refractivity contribution in [3.63, 3.8) is 0 Å². The lowest BCUT2D eigenvalue weighted by atomic mass is 9.99. The molecule has 0 aliphatic carbocycles. The van der Waals surface area contributed by atoms with Crippen LogP contribution in [0.1, 0.15) is 57.2 Å². The van der Waals surface area contributed by atoms with Crippen LogP contribution in [0, 0.1) is 0 Å². The van der Waals surface area contributed by atoms with Gasteiger partial charge in [0.25, 0.3) is 0 Å². The van der Waals surface area contributed by atoms with Gasteiger partial charge in [0.1, 0.15) is 0 Å². The predicted octanol–water partition coefficient (Wildman–Crippen LogP) is 3.86. The second kappa shape index (κ2) is 6.94. The fraction of sp³-hybridized carbons (Fsp3) is 0.467. The van der Waals surface area contributed by atoms with Crippen molar-refractivity contribution in [2.75, 3.05) is 0 Å². The summed E-state index contributed by atoms with van der Waals surface area (Å²) in [6.07, 6.45) is 5.31. The Kier molecular flexibility index (Phi) is 5.56. The largest absolute Gasteiger partial charge is 0.504 e. The minimum absolute atomic E-state index is 0.203. The van der Waals surface area contributed by atoms with Gasteiger partial charge < -0.3 is 5.11 Å². The average Bonchev–Trinajstić information content (AvgIpc) is 2.38. The zero-order valence-corrected chi connectivity index (χ0v) is 11.3. The number of aliphatic hydroxyl groups excluding tert-OH is 1. The van der Waals surface area contributed by atoms with Gasteiger partial charge in [-0.25, -0.2) is 0 Å². The number of allylic oxidation sites excluding steroid dienone is 1. The van der Waals surface area contributed by atoms with E-state index in [1.54, 1.807) is 6.20 Å². The molecule has 0 fully saturated rings. The monoisotopic (exact) mass is 247 g/mol. The van der Waals surface area contributed by atoms with E-state index in [9.17, 15) is 9.90 Å². The van der Waals surface area contributed by atoms with Gasteiger partial charge >= 0.3 is 0 Å². The van der Waals surface area contributed by atoms with E-state index in [-0.39, 0.29) is 11.5 Å². The number of hydrogen-bond acceptors (Lipinski definition) is 3. The molecule has 0 spiro atoms. The van der Waals surface area contributed by atoms with Crippen LogP contribution in [0.15, 0.2) is 24.1 Å². The predicted molar refractivity (Wildman–Crippen MR) is 73.5 cm³/mol. The number of carbonyl (C=O) groups is 1. The molecule has 0 aliphatic rings. The maximum atomic E-state index is 11.5. The van der Waals surface area contributed by atoms with Gasteiger partial charge in [0.05, 0.1) is 5.69 Å². The molecule has 1 rings (SSSR count). The van der Waals surface area contributed by atoms with Gasteiger partial charge in [0.15, 0.2) is 11.5 Å². The van der Waals surface area contributed by atoms with Crippen molar-refractivity contribution in [3.05, 3.63) is 35.3 Å². The highest BCUT2D eigenvalue weighted by Crippen LogP contribution is 2.19. The second-order valence-electron chi connectivity index (χ2n) is 4.53. The topological polar surface area (TPSA) is 50.2 Å². The van der Waals surface area contributed by atoms with Crippen LogP contribution in [0.5, 0.6) is 0 Å². The molecule has 0 aromatic carbocycles. The highest BCUT2D eigenvalue weighted by atomic mass is 16.3. The van der Waals surface area contributed by atoms with Crippen molar-refractivity contribution < 1.29 is 9.90 Å². The van der Waals surface area contributed by atoms with E-state index in [0.717, 1.165) is 12.8 Å². The first-order valence-electron chi connectivity index (χ1n) is 6.48. The number of Topliss-reactive ketones (excluding diaryl/α,β-unsaturated/α-hetero) is 1. The van der Waals surface area contributed by atoms with Crippen LogP contribution in [-0.4, -0.2) is 15.9 Å². The van der Waals surface area contributed by atoms with Gasteiger partial charge in [-0.2, -0.15) is 0 Å². The van der Waals surface area contributed by atoms with Crippen LogP contribution in [0.25, 0.3) is 6.08 Å². The standard InChI is InChI=1S/C15H21NO2/c1-4-6-14(17)15(18)10-13-9-12(7-8-16-13)11(3)5-2/h7-11,18H,4-6H2,1-3H3/b15-10-. The van der Waals surface area contributed by atoms with Crippen LogP contribution in [0.3, 0.4) is 0 Å². The summed E-state index contributed by atoms with van der Waals surface area (Å²) in [6.45, 7) is 6.18. The van der Waals surface area contributed by atoms with E-state index >= 15 is 0 Å². The molecule has 0 amide bonds. The Morgan fingerprint density at radius 2 is 2.22 bits per heavy atom. The van der Waals surface area contributed by atoms with Gasteiger partial charge in [-0.3, -0.25) is 9.78 Å². The summed E-state index contributed by atoms with van der Waals surface area (Å²) in [5.41, 5.74) is 1.81. The lowest BCUT2D eigenvalue weighted by molar-refractivity contribution is -0.117. The summed E-state index contributed by atoms with van der Waals surface area (Å²) in [4.78, 5) is 15.6. The van der Waals surface area contributed by atoms with E-state index in [1.165, 1.54) is 11.6 Å². The first-order chi connectivity index (χ1) is 8.58. The second-order valence-corrected chi connectivity index (χ2v) is 4.53. The molecule has 0 saturated heterocycles. The molecule has 1 unspecified atom stereocenters. The first kappa shape index (κ1) is 14.4. The van der Waals surface area contributed by atoms with Gasteiger partial charge in [-0.05, 0) is 36.5 Å². The molecule has 3 nitrogen and oxygen atoms in total. The van der Waals surface area contributed by atoms with E-state index in [4.69, 9.17) is 0 Å². The maximum Gasteiger partial charge on any atom is 0.197 e. The molecule has 18 heavy (non-hydrogen) atoms. The van der Waals surface area contributed by atoms with Gasteiger partial charge in [0.2, 0.25) is 0 Å². The summed E-state index contributed by atoms with van der Waals surface area (Å²) in [6, 6.07) is 3.89. The third kappa shape index (κ3) is 3.99. The Hall–Kier alpha value is -1.64. The Bertz CT molecular complexity index is 438. The minimum atomic E-state index is -0.228. The van der Waals surface area contributed by atoms with Gasteiger partial charge in [-0.15, -0.1) is 0 Å². The molecular weight excluding hydrogens is 226 g/mol. The fourth-order valence-electron chi connectivity index (χ4n) is 1.66. The van der Waals surface area contributed by atoms with Crippen molar-refractivity contribution in [2.45, 2.75) is 46.0 Å². The Morgan fingerprint density at radius 1 is 1.50 bits per heavy atom. The number of ketones is 1. The smallest absolute Gasteiger partial charge is 0.197 e. The minimum Gasteiger partial charge on any atom is -0.504 e. The molecule has 1 atom stereocenters. The van der Waals surface area contributed by atoms with Crippen molar-refractivity contribution in [3.8, 4) is 0 Å². The highest BCUT2D eigenvalue weighted by Gasteiger charge is 2.08. The number of pyridine rings is 1. The summed E-state index contributed by atoms with van der Waals surface area (Å²) in [5.74, 6) is 0.0209. The lowest BCUT2D eigenvalue weighted by Crippen LogP contribution is -2.01. The average molecular weight is 247 g/mol. The molecule has 1 aromatic heterocycles. The first-order valence-corrected chi connectivity index (χ1v) is 6.48. The summed E-state index contributed by atoms with van der Waals surface area (Å²) in [7, 11) is 0. The molecule has 1 heterocycles. The Morgan fingerprint density at radius 3 is 2.83 bits per heavy atom. The quantitative estimate of drug-likeness (QED) is 0.613. The Labute approximate surface area is 109 Å². The molecule has 0 bridgehead atoms. The van der Waals surface area contributed by atoms with E-state index in [2.05, 4.69) is 18.8 Å². The van der Waals surface area contributed by atoms with Crippen LogP contribution in [0.4, 0.5) is 0 Å². The van der Waals surface area contributed by atoms with E-state index < -0.39 is 0 Å². The van der Waals surface area contributed by atoms with Crippen molar-refractivity contribution >= 4 is 11.9 Å². The molecule has 1 aromatic rings. The highest BCUT2D eigenvalue weighted by molar-refractivity contribution is 5.96. The summed E-state index contributed by atoms with van der Waals surface area (Å²) >= 11 is 0. The fourth-order valence-corrected chi connectivity index (χ4v) is 1.66. The van der Waals surface area contributed by atoms with Crippen molar-refractivity contribution in [2.24, 2.45) is 0 Å². The van der Waals surface area contributed by atoms with E-state index in [0.29, 0.717) is 18.0 Å². The summed E-state index contributed by atoms with van der Waals surface area (Å²) < 4.78 is 0. The van der Waals surface area contributed by atoms with Crippen LogP contribution < -0.4 is 0 Å². The molecule has 3 heteroatoms. The van der Waals surface area contributed by atoms with E-state index in [1.807, 2.05) is 19.1 Å². The molecule has 0 aliphatic heterocycles. The molecular formula is C15H21NO2. The molecule has 98 valence electrons. The number of carbonyl (C=O) groups excluding carboxylic acids is 1. The number of nitrogens with zero attached hydrogens (tertiary/aromatic N) is 1. The SMILES string of the molecule is CCCC(=O)/C(O)=C/c1cc(C(C)CC)ccn1. The van der Waals surface area contributed by atoms with Crippen LogP contribution in [0.2, 0.25) is 0 Å². The summed E-state index contributed by atoms with van der Waals surface area (Å²) in [5, 5.41) is 9.66. The maximum absolute atomic E-state index is 11.5. The molecule has 0 saturated carbocycles. The van der Waals surface area contributed by atoms with Crippen LogP contribution >= 0.6 is 0 Å². The number of rotatable bonds is 6. The van der Waals surface area contributed by atoms with Crippen molar-refractivity contribution in [1.29, 1.82) is 0 Å². The zero-order valence-electron chi connectivity index (χ0n) is 11.3. The number of hydrogen-bond donors (Lipinski definition) is 1. The number of aromatic nitrogens is 1. The zero-order chi connectivity index (χ0) is 13.5. The molecule has 0 radical (unpaired) electrons. The van der Waals surface area contributed by atoms with Gasteiger partial charge in [0, 0.05) is 18.7 Å². The molecule has 1 N–H and O–H groups in total. The third-order valence-corrected chi connectivity index (χ3v) is 3.03. The van der Waals surface area contributed by atoms with Crippen molar-refractivity contribution in [1.82, 2.24) is 4.98 Å². The van der Waals surface area contributed by atoms with Gasteiger partial charge in [-0.1, -0.05) is 20.8 Å². The van der Waals surface area contributed by atoms with Crippen LogP contribution in [-0.2, 0) is 4.79 Å².